The zero-order valence-electron chi connectivity index (χ0n) is 14.8. The summed E-state index contributed by atoms with van der Waals surface area (Å²) in [5.74, 6) is 1.13. The minimum Gasteiger partial charge on any atom is -0.454 e. The number of anilines is 1. The van der Waals surface area contributed by atoms with Crippen LogP contribution in [0.1, 0.15) is 15.9 Å². The van der Waals surface area contributed by atoms with Crippen molar-refractivity contribution in [3.8, 4) is 11.5 Å². The highest BCUT2D eigenvalue weighted by molar-refractivity contribution is 6.04. The van der Waals surface area contributed by atoms with Crippen LogP contribution < -0.4 is 14.8 Å². The molecule has 0 aliphatic carbocycles. The van der Waals surface area contributed by atoms with Gasteiger partial charge in [-0.1, -0.05) is 29.5 Å². The highest BCUT2D eigenvalue weighted by Crippen LogP contribution is 2.34. The molecule has 0 fully saturated rings. The summed E-state index contributed by atoms with van der Waals surface area (Å²) in [6.45, 7) is 0.791. The molecule has 0 radical (unpaired) electrons. The highest BCUT2D eigenvalue weighted by atomic mass is 16.7. The molecule has 0 unspecified atom stereocenters. The number of rotatable bonds is 4. The first-order valence-electron chi connectivity index (χ1n) is 8.84. The zero-order chi connectivity index (χ0) is 18.9. The molecular formula is C21H16N4O3. The van der Waals surface area contributed by atoms with Gasteiger partial charge in [-0.05, 0) is 42.0 Å². The Kier molecular flexibility index (Phi) is 3.90. The van der Waals surface area contributed by atoms with E-state index in [1.807, 2.05) is 41.1 Å². The standard InChI is InChI=1S/C21H16N4O3/c26-21(22-16-9-10-19-20(11-16)28-13-27-19)15-7-5-14(6-8-15)12-25-18-4-2-1-3-17(18)23-24-25/h1-11H,12-13H2,(H,22,26). The van der Waals surface area contributed by atoms with Crippen molar-refractivity contribution in [3.05, 3.63) is 77.9 Å². The molecule has 3 aromatic carbocycles. The maximum absolute atomic E-state index is 12.5. The van der Waals surface area contributed by atoms with E-state index in [0.29, 0.717) is 29.3 Å². The molecule has 28 heavy (non-hydrogen) atoms. The fourth-order valence-corrected chi connectivity index (χ4v) is 3.15. The second kappa shape index (κ2) is 6.70. The Morgan fingerprint density at radius 3 is 2.71 bits per heavy atom. The summed E-state index contributed by atoms with van der Waals surface area (Å²) in [7, 11) is 0. The van der Waals surface area contributed by atoms with Crippen LogP contribution in [0.2, 0.25) is 0 Å². The third kappa shape index (κ3) is 3.03. The molecule has 0 spiro atoms. The summed E-state index contributed by atoms with van der Waals surface area (Å²) in [6, 6.07) is 20.6. The Morgan fingerprint density at radius 2 is 1.82 bits per heavy atom. The number of amides is 1. The molecule has 1 aromatic heterocycles. The van der Waals surface area contributed by atoms with E-state index in [-0.39, 0.29) is 12.7 Å². The lowest BCUT2D eigenvalue weighted by molar-refractivity contribution is 0.102. The van der Waals surface area contributed by atoms with Crippen molar-refractivity contribution in [3.63, 3.8) is 0 Å². The Bertz CT molecular complexity index is 1170. The lowest BCUT2D eigenvalue weighted by Crippen LogP contribution is -2.12. The number of benzene rings is 3. The van der Waals surface area contributed by atoms with Crippen molar-refractivity contribution in [2.75, 3.05) is 12.1 Å². The van der Waals surface area contributed by atoms with Gasteiger partial charge in [0.15, 0.2) is 11.5 Å². The molecule has 7 heteroatoms. The molecule has 0 bridgehead atoms. The van der Waals surface area contributed by atoms with Gasteiger partial charge in [-0.3, -0.25) is 4.79 Å². The van der Waals surface area contributed by atoms with Gasteiger partial charge in [0.1, 0.15) is 5.52 Å². The van der Waals surface area contributed by atoms with Crippen molar-refractivity contribution >= 4 is 22.6 Å². The van der Waals surface area contributed by atoms with Crippen molar-refractivity contribution in [2.24, 2.45) is 0 Å². The molecular weight excluding hydrogens is 356 g/mol. The minimum absolute atomic E-state index is 0.184. The van der Waals surface area contributed by atoms with E-state index in [0.717, 1.165) is 16.6 Å². The van der Waals surface area contributed by atoms with E-state index in [1.165, 1.54) is 0 Å². The lowest BCUT2D eigenvalue weighted by atomic mass is 10.1. The van der Waals surface area contributed by atoms with Crippen LogP contribution in [-0.2, 0) is 6.54 Å². The number of carbonyl (C=O) groups excluding carboxylic acids is 1. The smallest absolute Gasteiger partial charge is 0.255 e. The maximum Gasteiger partial charge on any atom is 0.255 e. The highest BCUT2D eigenvalue weighted by Gasteiger charge is 2.14. The van der Waals surface area contributed by atoms with Gasteiger partial charge < -0.3 is 14.8 Å². The number of aromatic nitrogens is 3. The number of nitrogens with one attached hydrogen (secondary N) is 1. The summed E-state index contributed by atoms with van der Waals surface area (Å²) < 4.78 is 12.5. The number of hydrogen-bond acceptors (Lipinski definition) is 5. The number of ether oxygens (including phenoxy) is 2. The molecule has 2 heterocycles. The van der Waals surface area contributed by atoms with Crippen LogP contribution in [0.3, 0.4) is 0 Å². The number of nitrogens with zero attached hydrogens (tertiary/aromatic N) is 3. The van der Waals surface area contributed by atoms with E-state index >= 15 is 0 Å². The molecule has 0 saturated heterocycles. The first kappa shape index (κ1) is 16.3. The topological polar surface area (TPSA) is 78.3 Å². The Labute approximate surface area is 160 Å². The Hall–Kier alpha value is -3.87. The Balaban J connectivity index is 1.30. The van der Waals surface area contributed by atoms with Gasteiger partial charge in [0.25, 0.3) is 5.91 Å². The summed E-state index contributed by atoms with van der Waals surface area (Å²) in [5.41, 5.74) is 4.11. The molecule has 0 saturated carbocycles. The summed E-state index contributed by atoms with van der Waals surface area (Å²) in [6.07, 6.45) is 0. The lowest BCUT2D eigenvalue weighted by Gasteiger charge is -2.07. The fraction of sp³-hybridized carbons (Fsp3) is 0.0952. The molecule has 1 amide bonds. The van der Waals surface area contributed by atoms with Crippen LogP contribution in [-0.4, -0.2) is 27.7 Å². The third-order valence-corrected chi connectivity index (χ3v) is 4.60. The van der Waals surface area contributed by atoms with Crippen molar-refractivity contribution in [2.45, 2.75) is 6.54 Å². The molecule has 7 nitrogen and oxygen atoms in total. The predicted molar refractivity (Wildman–Crippen MR) is 104 cm³/mol. The van der Waals surface area contributed by atoms with E-state index in [4.69, 9.17) is 9.47 Å². The van der Waals surface area contributed by atoms with Gasteiger partial charge in [-0.2, -0.15) is 0 Å². The van der Waals surface area contributed by atoms with Crippen LogP contribution in [0.15, 0.2) is 66.7 Å². The second-order valence-corrected chi connectivity index (χ2v) is 6.45. The van der Waals surface area contributed by atoms with Crippen LogP contribution >= 0.6 is 0 Å². The number of para-hydroxylation sites is 1. The van der Waals surface area contributed by atoms with Gasteiger partial charge in [0, 0.05) is 17.3 Å². The molecule has 4 aromatic rings. The minimum atomic E-state index is -0.184. The average Bonchev–Trinajstić information content (AvgIpc) is 3.35. The first-order chi connectivity index (χ1) is 13.8. The molecule has 0 atom stereocenters. The summed E-state index contributed by atoms with van der Waals surface area (Å²) in [4.78, 5) is 12.5. The molecule has 1 aliphatic rings. The maximum atomic E-state index is 12.5. The first-order valence-corrected chi connectivity index (χ1v) is 8.84. The largest absolute Gasteiger partial charge is 0.454 e. The van der Waals surface area contributed by atoms with Gasteiger partial charge >= 0.3 is 0 Å². The SMILES string of the molecule is O=C(Nc1ccc2c(c1)OCO2)c1ccc(Cn2nnc3ccccc32)cc1. The quantitative estimate of drug-likeness (QED) is 0.594. The average molecular weight is 372 g/mol. The molecule has 1 aliphatic heterocycles. The third-order valence-electron chi connectivity index (χ3n) is 4.60. The van der Waals surface area contributed by atoms with Crippen molar-refractivity contribution < 1.29 is 14.3 Å². The number of carbonyl (C=O) groups is 1. The fourth-order valence-electron chi connectivity index (χ4n) is 3.15. The number of hydrogen-bond donors (Lipinski definition) is 1. The van der Waals surface area contributed by atoms with E-state index in [1.54, 1.807) is 30.3 Å². The van der Waals surface area contributed by atoms with Gasteiger partial charge in [-0.15, -0.1) is 5.10 Å². The van der Waals surface area contributed by atoms with Crippen molar-refractivity contribution in [1.29, 1.82) is 0 Å². The van der Waals surface area contributed by atoms with E-state index in [2.05, 4.69) is 15.6 Å². The normalized spacial score (nSPS) is 12.3. The van der Waals surface area contributed by atoms with Crippen LogP contribution in [0.5, 0.6) is 11.5 Å². The predicted octanol–water partition coefficient (Wildman–Crippen LogP) is 3.46. The molecule has 1 N–H and O–H groups in total. The van der Waals surface area contributed by atoms with E-state index < -0.39 is 0 Å². The molecule has 5 rings (SSSR count). The Morgan fingerprint density at radius 1 is 1.00 bits per heavy atom. The van der Waals surface area contributed by atoms with Gasteiger partial charge in [-0.25, -0.2) is 4.68 Å². The summed E-state index contributed by atoms with van der Waals surface area (Å²) >= 11 is 0. The van der Waals surface area contributed by atoms with Crippen molar-refractivity contribution in [1.82, 2.24) is 15.0 Å². The second-order valence-electron chi connectivity index (χ2n) is 6.45. The van der Waals surface area contributed by atoms with Crippen LogP contribution in [0.25, 0.3) is 11.0 Å². The molecule has 138 valence electrons. The van der Waals surface area contributed by atoms with Gasteiger partial charge in [0.05, 0.1) is 12.1 Å². The van der Waals surface area contributed by atoms with E-state index in [9.17, 15) is 4.79 Å². The van der Waals surface area contributed by atoms with Crippen LogP contribution in [0, 0.1) is 0 Å². The van der Waals surface area contributed by atoms with Crippen LogP contribution in [0.4, 0.5) is 5.69 Å². The zero-order valence-corrected chi connectivity index (χ0v) is 14.8. The summed E-state index contributed by atoms with van der Waals surface area (Å²) in [5, 5.41) is 11.2. The monoisotopic (exact) mass is 372 g/mol. The van der Waals surface area contributed by atoms with Gasteiger partial charge in [0.2, 0.25) is 6.79 Å². The number of fused-ring (bicyclic) bond motifs is 2.